The molecule has 2 aromatic heterocycles. The van der Waals surface area contributed by atoms with Gasteiger partial charge in [0.1, 0.15) is 0 Å². The fourth-order valence-electron chi connectivity index (χ4n) is 7.82. The van der Waals surface area contributed by atoms with E-state index in [9.17, 15) is 14.7 Å². The number of alkyl halides is 1. The Morgan fingerprint density at radius 2 is 1.76 bits per heavy atom. The van der Waals surface area contributed by atoms with Crippen LogP contribution in [0.15, 0.2) is 36.5 Å². The van der Waals surface area contributed by atoms with Crippen LogP contribution in [0.2, 0.25) is 0 Å². The molecule has 11 nitrogen and oxygen atoms in total. The van der Waals surface area contributed by atoms with Crippen LogP contribution in [0.4, 0.5) is 4.39 Å². The van der Waals surface area contributed by atoms with Crippen molar-refractivity contribution in [3.05, 3.63) is 48.0 Å². The number of aromatic nitrogens is 4. The van der Waals surface area contributed by atoms with Gasteiger partial charge in [0.25, 0.3) is 0 Å². The summed E-state index contributed by atoms with van der Waals surface area (Å²) in [6.45, 7) is 6.93. The number of aliphatic hydroxyl groups is 1. The topological polar surface area (TPSA) is 123 Å². The predicted molar refractivity (Wildman–Crippen MR) is 187 cm³/mol. The first-order chi connectivity index (χ1) is 24.0. The summed E-state index contributed by atoms with van der Waals surface area (Å²) < 4.78 is 24.8. The molecule has 1 atom stereocenters. The van der Waals surface area contributed by atoms with E-state index in [0.717, 1.165) is 65.7 Å². The minimum atomic E-state index is -1.16. The number of carbonyl (C=O) groups is 2. The Kier molecular flexibility index (Phi) is 10.2. The van der Waals surface area contributed by atoms with Gasteiger partial charge in [0.15, 0.2) is 6.29 Å². The van der Waals surface area contributed by atoms with Crippen LogP contribution in [0.5, 0.6) is 0 Å². The maximum atomic E-state index is 16.1. The number of rotatable bonds is 9. The van der Waals surface area contributed by atoms with E-state index in [1.54, 1.807) is 10.7 Å². The molecule has 8 rings (SSSR count). The summed E-state index contributed by atoms with van der Waals surface area (Å²) >= 11 is -0.306. The van der Waals surface area contributed by atoms with E-state index in [-0.39, 0.29) is 58.8 Å². The molecule has 13 heteroatoms. The molecule has 4 aliphatic rings. The van der Waals surface area contributed by atoms with E-state index in [2.05, 4.69) is 15.4 Å². The van der Waals surface area contributed by atoms with Gasteiger partial charge < -0.3 is 15.2 Å². The number of nitrogens with zero attached hydrogens (tertiary/aromatic N) is 5. The number of quaternary nitrogens is 1. The van der Waals surface area contributed by atoms with Crippen LogP contribution < -0.4 is 34.9 Å². The van der Waals surface area contributed by atoms with E-state index >= 15 is 4.39 Å². The molecule has 4 aromatic rings. The zero-order valence-electron chi connectivity index (χ0n) is 29.3. The number of piperidine rings is 1. The van der Waals surface area contributed by atoms with Crippen LogP contribution in [0.25, 0.3) is 32.9 Å². The summed E-state index contributed by atoms with van der Waals surface area (Å²) in [4.78, 5) is 27.9. The standard InChI is InChI=1S/C37H49FIN7O4/c1-37(2,3)50-34(49)22-41-32(47)21-40-33(48)23-44-30-13-9-12-27-28-19-31-25(18-29(28)38)20-42-45(31)46(39-26-10-7-5-4-6-8-11-26)16-14-24(15-17-46)36(43-44)35(27)30/h9,12-13,18-20,24,26,34,49H,4-8,10-11,14-17,21-23H2,1-3H3,(H,40,48)(H,41,47). The molecule has 3 aliphatic heterocycles. The summed E-state index contributed by atoms with van der Waals surface area (Å²) in [5, 5.41) is 27.1. The molecular weight excluding hydrogens is 752 g/mol. The van der Waals surface area contributed by atoms with Crippen molar-refractivity contribution in [1.29, 1.82) is 0 Å². The Labute approximate surface area is 303 Å². The Bertz CT molecular complexity index is 1870. The number of ether oxygens (including phenoxy) is 1. The van der Waals surface area contributed by atoms with E-state index in [1.807, 2.05) is 51.2 Å². The molecule has 4 bridgehead atoms. The molecule has 2 amide bonds. The first kappa shape index (κ1) is 35.3. The number of amides is 2. The van der Waals surface area contributed by atoms with Crippen molar-refractivity contribution < 1.29 is 45.3 Å². The fourth-order valence-corrected chi connectivity index (χ4v) is 12.4. The van der Waals surface area contributed by atoms with Gasteiger partial charge >= 0.3 is 245 Å². The van der Waals surface area contributed by atoms with Crippen molar-refractivity contribution in [3.63, 3.8) is 0 Å². The third kappa shape index (κ3) is 7.42. The minimum absolute atomic E-state index is 0.0862. The van der Waals surface area contributed by atoms with Crippen LogP contribution >= 0.6 is 0 Å². The number of nitrogens with one attached hydrogen (secondary N) is 2. The Balaban J connectivity index is 1.17. The number of hydrogen-bond acceptors (Lipinski definition) is 6. The van der Waals surface area contributed by atoms with Gasteiger partial charge in [0, 0.05) is 0 Å². The Morgan fingerprint density at radius 1 is 1.02 bits per heavy atom. The molecule has 2 aromatic carbocycles. The SMILES string of the molecule is CC(C)(C)OC(O)CNC(=O)CNC(=O)Cn1nc2c3c(cccc31)-c1cc3c(cnn3[N+]3([I-]C4CCCCCCC4)CCC2CC3)cc1F. The molecular formula is C37H49FIN7O4. The molecule has 3 N–H and O–H groups in total. The number of aliphatic hydroxyl groups excluding tert-OH is 1. The zero-order chi connectivity index (χ0) is 35.0. The quantitative estimate of drug-likeness (QED) is 0.103. The number of benzene rings is 2. The van der Waals surface area contributed by atoms with Crippen molar-refractivity contribution in [1.82, 2.24) is 33.1 Å². The van der Waals surface area contributed by atoms with Gasteiger partial charge in [-0.3, -0.25) is 4.79 Å². The second-order valence-corrected chi connectivity index (χ2v) is 19.1. The van der Waals surface area contributed by atoms with Crippen molar-refractivity contribution in [2.24, 2.45) is 0 Å². The van der Waals surface area contributed by atoms with Crippen molar-refractivity contribution in [2.75, 3.05) is 26.2 Å². The monoisotopic (exact) mass is 801 g/mol. The van der Waals surface area contributed by atoms with Crippen LogP contribution in [-0.4, -0.2) is 78.6 Å². The molecule has 5 heterocycles. The van der Waals surface area contributed by atoms with Gasteiger partial charge in [0.05, 0.1) is 12.1 Å². The van der Waals surface area contributed by atoms with Crippen LogP contribution in [-0.2, 0) is 20.9 Å². The third-order valence-electron chi connectivity index (χ3n) is 10.2. The first-order valence-electron chi connectivity index (χ1n) is 18.1. The average Bonchev–Trinajstić information content (AvgIpc) is 3.64. The third-order valence-corrected chi connectivity index (χ3v) is 14.6. The van der Waals surface area contributed by atoms with Crippen LogP contribution in [0.1, 0.15) is 90.2 Å². The number of halogens is 2. The summed E-state index contributed by atoms with van der Waals surface area (Å²) in [5.41, 5.74) is 3.39. The number of hydrogen-bond donors (Lipinski definition) is 3. The molecule has 50 heavy (non-hydrogen) atoms. The Hall–Kier alpha value is -3.14. The molecule has 0 radical (unpaired) electrons. The number of fused-ring (bicyclic) bond motifs is 2. The van der Waals surface area contributed by atoms with Gasteiger partial charge in [-0.2, -0.15) is 0 Å². The van der Waals surface area contributed by atoms with E-state index < -0.39 is 17.8 Å². The van der Waals surface area contributed by atoms with Crippen molar-refractivity contribution in [3.8, 4) is 11.1 Å². The molecule has 1 aliphatic carbocycles. The Morgan fingerprint density at radius 3 is 2.50 bits per heavy atom. The van der Waals surface area contributed by atoms with Gasteiger partial charge in [-0.05, 0) is 20.8 Å². The van der Waals surface area contributed by atoms with E-state index in [0.29, 0.717) is 5.56 Å². The molecule has 2 fully saturated rings. The second kappa shape index (κ2) is 14.5. The summed E-state index contributed by atoms with van der Waals surface area (Å²) in [5.74, 6) is -0.940. The molecule has 1 saturated carbocycles. The normalized spacial score (nSPS) is 22.0. The number of carbonyl (C=O) groups excluding carboxylic acids is 2. The molecule has 270 valence electrons. The van der Waals surface area contributed by atoms with Crippen molar-refractivity contribution >= 4 is 33.6 Å². The van der Waals surface area contributed by atoms with E-state index in [4.69, 9.17) is 14.9 Å². The summed E-state index contributed by atoms with van der Waals surface area (Å²) in [6.07, 6.45) is 11.8. The molecule has 1 unspecified atom stereocenters. The van der Waals surface area contributed by atoms with Gasteiger partial charge in [-0.1, -0.05) is 0 Å². The second-order valence-electron chi connectivity index (χ2n) is 15.0. The van der Waals surface area contributed by atoms with Gasteiger partial charge in [-0.15, -0.1) is 0 Å². The molecule has 0 spiro atoms. The average molecular weight is 802 g/mol. The van der Waals surface area contributed by atoms with Crippen LogP contribution in [0, 0.1) is 5.82 Å². The predicted octanol–water partition coefficient (Wildman–Crippen LogP) is 2.00. The zero-order valence-corrected chi connectivity index (χ0v) is 31.4. The fraction of sp³-hybridized carbons (Fsp3) is 0.568. The van der Waals surface area contributed by atoms with Gasteiger partial charge in [0.2, 0.25) is 0 Å². The first-order valence-corrected chi connectivity index (χ1v) is 20.3. The van der Waals surface area contributed by atoms with Crippen molar-refractivity contribution in [2.45, 2.75) is 107 Å². The van der Waals surface area contributed by atoms with Crippen LogP contribution in [0.3, 0.4) is 0 Å². The molecule has 1 saturated heterocycles. The van der Waals surface area contributed by atoms with E-state index in [1.165, 1.54) is 44.9 Å². The summed E-state index contributed by atoms with van der Waals surface area (Å²) in [6, 6.07) is 9.41. The summed E-state index contributed by atoms with van der Waals surface area (Å²) in [7, 11) is 0. The van der Waals surface area contributed by atoms with Gasteiger partial charge in [-0.25, -0.2) is 0 Å². The maximum absolute atomic E-state index is 16.1.